The monoisotopic (exact) mass is 894 g/mol. The van der Waals surface area contributed by atoms with Crippen LogP contribution in [0.25, 0.3) is 0 Å². The molecule has 1 fully saturated rings. The van der Waals surface area contributed by atoms with Crippen molar-refractivity contribution in [2.75, 3.05) is 32.8 Å². The van der Waals surface area contributed by atoms with Gasteiger partial charge in [0.15, 0.2) is 18.0 Å². The van der Waals surface area contributed by atoms with Gasteiger partial charge in [0.1, 0.15) is 12.2 Å². The second kappa shape index (κ2) is 23.3. The highest BCUT2D eigenvalue weighted by molar-refractivity contribution is 5.82. The van der Waals surface area contributed by atoms with E-state index in [4.69, 9.17) is 18.9 Å². The molecule has 9 nitrogen and oxygen atoms in total. The van der Waals surface area contributed by atoms with Gasteiger partial charge in [-0.25, -0.2) is 0 Å². The molecule has 7 aromatic rings. The van der Waals surface area contributed by atoms with Crippen LogP contribution in [0, 0.1) is 0 Å². The van der Waals surface area contributed by atoms with Gasteiger partial charge in [-0.05, 0) is 38.9 Å². The van der Waals surface area contributed by atoms with Crippen molar-refractivity contribution in [2.24, 2.45) is 0 Å². The molecule has 0 aromatic heterocycles. The summed E-state index contributed by atoms with van der Waals surface area (Å²) < 4.78 is 26.4. The largest absolute Gasteiger partial charge is 0.377 e. The molecule has 0 aliphatic carbocycles. The molecular formula is C58H58N2O7. The Hall–Kier alpha value is -6.56. The maximum Gasteiger partial charge on any atom is 0.254 e. The van der Waals surface area contributed by atoms with Crippen molar-refractivity contribution in [1.29, 1.82) is 0 Å². The van der Waals surface area contributed by atoms with Gasteiger partial charge in [0.05, 0.1) is 38.6 Å². The summed E-state index contributed by atoms with van der Waals surface area (Å²) in [5.74, 6) is -0.342. The standard InChI is InChI=1S/C58H58N2O7/c61-44-57(63,45-64-40-46-22-8-1-9-23-46)55(67-43-49-28-14-4-15-29-49)53(65-41-47-24-10-2-11-25-47)54(66-42-48-26-12-3-13-27-48)56(62)59-36-38-60(39-37-59)58(50-30-16-5-17-31-50,51-32-18-6-19-33-51)52-34-20-7-21-35-52/h1-35,44,53-55,63H,36-43,45H2/t53-,54-,55+,57?/m1/s1. The van der Waals surface area contributed by atoms with Crippen LogP contribution in [0.15, 0.2) is 212 Å². The topological polar surface area (TPSA) is 97.8 Å². The van der Waals surface area contributed by atoms with Gasteiger partial charge in [-0.1, -0.05) is 212 Å². The molecule has 8 rings (SSSR count). The van der Waals surface area contributed by atoms with Crippen molar-refractivity contribution >= 4 is 12.2 Å². The van der Waals surface area contributed by atoms with E-state index in [0.717, 1.165) is 38.9 Å². The molecule has 1 saturated heterocycles. The zero-order valence-electron chi connectivity index (χ0n) is 37.7. The Morgan fingerprint density at radius 3 is 1.25 bits per heavy atom. The van der Waals surface area contributed by atoms with Crippen LogP contribution in [0.2, 0.25) is 0 Å². The van der Waals surface area contributed by atoms with Crippen LogP contribution in [0.5, 0.6) is 0 Å². The number of rotatable bonds is 22. The quantitative estimate of drug-likeness (QED) is 0.0533. The SMILES string of the molecule is O=CC(O)(COCc1ccccc1)[C@@H](OCc1ccccc1)[C@H](OCc1ccccc1)[C@@H](OCc1ccccc1)C(=O)N1CCN(C(c2ccccc2)(c2ccccc2)c2ccccc2)CC1. The lowest BCUT2D eigenvalue weighted by atomic mass is 9.75. The average Bonchev–Trinajstić information content (AvgIpc) is 3.40. The Morgan fingerprint density at radius 2 is 0.851 bits per heavy atom. The molecule has 1 aliphatic rings. The first-order chi connectivity index (χ1) is 33.0. The molecule has 1 aliphatic heterocycles. The number of nitrogens with zero attached hydrogens (tertiary/aromatic N) is 2. The molecule has 0 radical (unpaired) electrons. The van der Waals surface area contributed by atoms with E-state index in [1.54, 1.807) is 0 Å². The van der Waals surface area contributed by atoms with Gasteiger partial charge in [0.25, 0.3) is 5.91 Å². The lowest BCUT2D eigenvalue weighted by Crippen LogP contribution is -2.63. The Bertz CT molecular complexity index is 2430. The van der Waals surface area contributed by atoms with E-state index in [2.05, 4.69) is 77.7 Å². The lowest BCUT2D eigenvalue weighted by Gasteiger charge is -2.49. The van der Waals surface area contributed by atoms with Gasteiger partial charge in [0, 0.05) is 26.2 Å². The van der Waals surface area contributed by atoms with Crippen LogP contribution >= 0.6 is 0 Å². The second-order valence-electron chi connectivity index (χ2n) is 16.9. The van der Waals surface area contributed by atoms with Gasteiger partial charge in [-0.2, -0.15) is 0 Å². The molecule has 1 heterocycles. The molecule has 9 heteroatoms. The summed E-state index contributed by atoms with van der Waals surface area (Å²) in [5.41, 5.74) is 3.73. The minimum absolute atomic E-state index is 0.00432. The first-order valence-corrected chi connectivity index (χ1v) is 23.0. The highest BCUT2D eigenvalue weighted by Crippen LogP contribution is 2.43. The number of hydrogen-bond acceptors (Lipinski definition) is 8. The van der Waals surface area contributed by atoms with Gasteiger partial charge in [-0.15, -0.1) is 0 Å². The molecule has 342 valence electrons. The number of amides is 1. The molecule has 0 saturated carbocycles. The number of ether oxygens (including phenoxy) is 4. The predicted octanol–water partition coefficient (Wildman–Crippen LogP) is 9.03. The normalized spacial score (nSPS) is 15.5. The third kappa shape index (κ3) is 11.5. The minimum atomic E-state index is -2.28. The molecule has 1 amide bonds. The van der Waals surface area contributed by atoms with Crippen molar-refractivity contribution < 1.29 is 33.6 Å². The molecule has 1 unspecified atom stereocenters. The van der Waals surface area contributed by atoms with Crippen molar-refractivity contribution in [2.45, 2.75) is 55.9 Å². The number of aldehydes is 1. The Balaban J connectivity index is 1.16. The minimum Gasteiger partial charge on any atom is -0.377 e. The van der Waals surface area contributed by atoms with E-state index in [0.29, 0.717) is 32.5 Å². The Morgan fingerprint density at radius 1 is 0.493 bits per heavy atom. The molecule has 1 N–H and O–H groups in total. The summed E-state index contributed by atoms with van der Waals surface area (Å²) in [6, 6.07) is 69.8. The van der Waals surface area contributed by atoms with Gasteiger partial charge in [-0.3, -0.25) is 14.5 Å². The van der Waals surface area contributed by atoms with E-state index in [9.17, 15) is 9.90 Å². The Kier molecular flexibility index (Phi) is 16.3. The van der Waals surface area contributed by atoms with Crippen LogP contribution < -0.4 is 0 Å². The number of aliphatic hydroxyl groups is 1. The van der Waals surface area contributed by atoms with Crippen LogP contribution in [0.1, 0.15) is 38.9 Å². The predicted molar refractivity (Wildman–Crippen MR) is 260 cm³/mol. The number of carbonyl (C=O) groups is 2. The lowest BCUT2D eigenvalue weighted by molar-refractivity contribution is -0.218. The summed E-state index contributed by atoms with van der Waals surface area (Å²) in [6.07, 6.45) is -3.62. The maximum atomic E-state index is 15.6. The second-order valence-corrected chi connectivity index (χ2v) is 16.9. The fourth-order valence-electron chi connectivity index (χ4n) is 9.07. The molecule has 0 spiro atoms. The maximum absolute atomic E-state index is 15.6. The highest BCUT2D eigenvalue weighted by Gasteiger charge is 2.51. The molecule has 4 atom stereocenters. The third-order valence-corrected chi connectivity index (χ3v) is 12.5. The number of carbonyl (C=O) groups excluding carboxylic acids is 2. The van der Waals surface area contributed by atoms with E-state index >= 15 is 4.79 Å². The number of benzene rings is 7. The van der Waals surface area contributed by atoms with Crippen molar-refractivity contribution in [3.63, 3.8) is 0 Å². The summed E-state index contributed by atoms with van der Waals surface area (Å²) in [7, 11) is 0. The van der Waals surface area contributed by atoms with Crippen LogP contribution in [-0.4, -0.2) is 83.8 Å². The average molecular weight is 895 g/mol. The first kappa shape index (κ1) is 47.0. The van der Waals surface area contributed by atoms with Crippen molar-refractivity contribution in [3.05, 3.63) is 251 Å². The van der Waals surface area contributed by atoms with Gasteiger partial charge < -0.3 is 29.0 Å². The van der Waals surface area contributed by atoms with Gasteiger partial charge in [0.2, 0.25) is 0 Å². The van der Waals surface area contributed by atoms with E-state index in [1.165, 1.54) is 0 Å². The van der Waals surface area contributed by atoms with E-state index in [-0.39, 0.29) is 32.3 Å². The molecule has 67 heavy (non-hydrogen) atoms. The number of hydrogen-bond donors (Lipinski definition) is 1. The highest BCUT2D eigenvalue weighted by atomic mass is 16.6. The van der Waals surface area contributed by atoms with Crippen LogP contribution in [-0.2, 0) is 60.5 Å². The smallest absolute Gasteiger partial charge is 0.254 e. The summed E-state index contributed by atoms with van der Waals surface area (Å²) in [6.45, 7) is 1.54. The summed E-state index contributed by atoms with van der Waals surface area (Å²) in [5, 5.41) is 12.6. The fourth-order valence-corrected chi connectivity index (χ4v) is 9.07. The summed E-state index contributed by atoms with van der Waals surface area (Å²) in [4.78, 5) is 33.3. The van der Waals surface area contributed by atoms with Crippen LogP contribution in [0.4, 0.5) is 0 Å². The summed E-state index contributed by atoms with van der Waals surface area (Å²) >= 11 is 0. The fraction of sp³-hybridized carbons (Fsp3) is 0.241. The van der Waals surface area contributed by atoms with Crippen molar-refractivity contribution in [3.8, 4) is 0 Å². The van der Waals surface area contributed by atoms with E-state index in [1.807, 2.05) is 144 Å². The zero-order valence-corrected chi connectivity index (χ0v) is 37.7. The van der Waals surface area contributed by atoms with Crippen molar-refractivity contribution in [1.82, 2.24) is 9.80 Å². The molecule has 7 aromatic carbocycles. The Labute approximate surface area is 394 Å². The van der Waals surface area contributed by atoms with E-state index < -0.39 is 36.1 Å². The third-order valence-electron chi connectivity index (χ3n) is 12.5. The molecule has 0 bridgehead atoms. The number of piperazine rings is 1. The van der Waals surface area contributed by atoms with Gasteiger partial charge >= 0.3 is 0 Å². The molecular weight excluding hydrogens is 837 g/mol. The van der Waals surface area contributed by atoms with Crippen LogP contribution in [0.3, 0.4) is 0 Å². The zero-order chi connectivity index (χ0) is 46.2. The first-order valence-electron chi connectivity index (χ1n) is 23.0.